The van der Waals surface area contributed by atoms with Gasteiger partial charge in [0.15, 0.2) is 5.78 Å². The van der Waals surface area contributed by atoms with Crippen LogP contribution in [0.5, 0.6) is 5.75 Å². The average Bonchev–Trinajstić information content (AvgIpc) is 2.70. The minimum atomic E-state index is -0.180. The molecule has 150 valence electrons. The highest BCUT2D eigenvalue weighted by Gasteiger charge is 2.21. The largest absolute Gasteiger partial charge is 0.508 e. The minimum Gasteiger partial charge on any atom is -0.508 e. The maximum absolute atomic E-state index is 11.8. The molecule has 1 aliphatic rings. The van der Waals surface area contributed by atoms with Crippen LogP contribution in [-0.2, 0) is 11.3 Å². The summed E-state index contributed by atoms with van der Waals surface area (Å²) in [4.78, 5) is 24.4. The van der Waals surface area contributed by atoms with Crippen LogP contribution in [0.1, 0.15) is 48.2 Å². The molecule has 0 saturated carbocycles. The lowest BCUT2D eigenvalue weighted by molar-refractivity contribution is 0.0837. The Hall–Kier alpha value is -2.82. The Morgan fingerprint density at radius 1 is 1.11 bits per heavy atom. The third-order valence-corrected chi connectivity index (χ3v) is 4.85. The molecular formula is C23H29NO4. The molecule has 0 atom stereocenters. The van der Waals surface area contributed by atoms with E-state index in [0.717, 1.165) is 43.0 Å². The van der Waals surface area contributed by atoms with Crippen molar-refractivity contribution in [3.8, 4) is 5.75 Å². The van der Waals surface area contributed by atoms with Gasteiger partial charge in [-0.25, -0.2) is 4.79 Å². The predicted molar refractivity (Wildman–Crippen MR) is 109 cm³/mol. The van der Waals surface area contributed by atoms with Gasteiger partial charge in [0.2, 0.25) is 0 Å². The van der Waals surface area contributed by atoms with Crippen LogP contribution in [-0.4, -0.2) is 35.0 Å². The highest BCUT2D eigenvalue weighted by Crippen LogP contribution is 2.17. The average molecular weight is 383 g/mol. The van der Waals surface area contributed by atoms with Gasteiger partial charge in [0.25, 0.3) is 0 Å². The van der Waals surface area contributed by atoms with Gasteiger partial charge in [0, 0.05) is 18.7 Å². The molecule has 1 fully saturated rings. The Morgan fingerprint density at radius 3 is 2.32 bits per heavy atom. The van der Waals surface area contributed by atoms with E-state index in [1.54, 1.807) is 19.1 Å². The van der Waals surface area contributed by atoms with Gasteiger partial charge in [0.1, 0.15) is 12.4 Å². The number of hydrogen-bond donors (Lipinski definition) is 1. The normalized spacial score (nSPS) is 14.0. The molecule has 2 aromatic rings. The van der Waals surface area contributed by atoms with Gasteiger partial charge < -0.3 is 14.7 Å². The number of amides is 1. The summed E-state index contributed by atoms with van der Waals surface area (Å²) in [5.74, 6) is 0.983. The third kappa shape index (κ3) is 6.72. The first-order valence-electron chi connectivity index (χ1n) is 9.63. The number of phenols is 1. The van der Waals surface area contributed by atoms with Crippen LogP contribution in [0.15, 0.2) is 48.5 Å². The number of ketones is 1. The van der Waals surface area contributed by atoms with Crippen molar-refractivity contribution in [3.05, 3.63) is 65.2 Å². The van der Waals surface area contributed by atoms with Crippen molar-refractivity contribution >= 4 is 11.9 Å². The second-order valence-electron chi connectivity index (χ2n) is 7.27. The van der Waals surface area contributed by atoms with Crippen molar-refractivity contribution < 1.29 is 19.4 Å². The Labute approximate surface area is 166 Å². The van der Waals surface area contributed by atoms with E-state index in [2.05, 4.69) is 6.92 Å². The molecule has 1 heterocycles. The van der Waals surface area contributed by atoms with Crippen molar-refractivity contribution in [3.63, 3.8) is 0 Å². The molecule has 0 bridgehead atoms. The Balaban J connectivity index is 0.000000221. The molecule has 1 aliphatic heterocycles. The number of aromatic hydroxyl groups is 1. The molecule has 1 amide bonds. The summed E-state index contributed by atoms with van der Waals surface area (Å²) in [5, 5.41) is 9.11. The number of Topliss-reactive ketones (excluding diaryl/α,β-unsaturated/α-hetero) is 1. The van der Waals surface area contributed by atoms with Gasteiger partial charge in [-0.05, 0) is 61.9 Å². The Bertz CT molecular complexity index is 780. The number of benzene rings is 2. The molecule has 0 unspecified atom stereocenters. The number of likely N-dealkylation sites (tertiary alicyclic amines) is 1. The number of rotatable bonds is 3. The zero-order chi connectivity index (χ0) is 20.5. The summed E-state index contributed by atoms with van der Waals surface area (Å²) in [5.41, 5.74) is 2.41. The second-order valence-corrected chi connectivity index (χ2v) is 7.27. The van der Waals surface area contributed by atoms with Crippen LogP contribution < -0.4 is 0 Å². The maximum Gasteiger partial charge on any atom is 0.410 e. The number of carbonyl (C=O) groups excluding carboxylic acids is 2. The van der Waals surface area contributed by atoms with Crippen molar-refractivity contribution in [1.29, 1.82) is 0 Å². The molecule has 0 spiro atoms. The standard InChI is InChI=1S/C14H19NO2.C9H10O2/c1-12-7-9-15(10-8-12)14(16)17-11-13-5-3-2-4-6-13;1-6-5-8(7(2)10)3-4-9(6)11/h2-6,12H,7-11H2,1H3;3-5,11H,1-2H3. The molecule has 0 radical (unpaired) electrons. The molecule has 5 nitrogen and oxygen atoms in total. The van der Waals surface area contributed by atoms with E-state index < -0.39 is 0 Å². The lowest BCUT2D eigenvalue weighted by atomic mass is 10.00. The first-order chi connectivity index (χ1) is 13.4. The van der Waals surface area contributed by atoms with Gasteiger partial charge in [-0.15, -0.1) is 0 Å². The minimum absolute atomic E-state index is 0.0214. The predicted octanol–water partition coefficient (Wildman–Crippen LogP) is 4.96. The lowest BCUT2D eigenvalue weighted by Crippen LogP contribution is -2.38. The van der Waals surface area contributed by atoms with E-state index in [-0.39, 0.29) is 17.6 Å². The molecule has 1 saturated heterocycles. The Morgan fingerprint density at radius 2 is 1.75 bits per heavy atom. The lowest BCUT2D eigenvalue weighted by Gasteiger charge is -2.29. The smallest absolute Gasteiger partial charge is 0.410 e. The van der Waals surface area contributed by atoms with Crippen LogP contribution in [0.2, 0.25) is 0 Å². The van der Waals surface area contributed by atoms with Gasteiger partial charge in [0.05, 0.1) is 0 Å². The molecule has 28 heavy (non-hydrogen) atoms. The molecule has 5 heteroatoms. The van der Waals surface area contributed by atoms with Crippen molar-refractivity contribution in [1.82, 2.24) is 4.90 Å². The summed E-state index contributed by atoms with van der Waals surface area (Å²) < 4.78 is 5.29. The highest BCUT2D eigenvalue weighted by atomic mass is 16.6. The molecule has 0 aromatic heterocycles. The number of piperidine rings is 1. The van der Waals surface area contributed by atoms with Crippen LogP contribution in [0.25, 0.3) is 0 Å². The quantitative estimate of drug-likeness (QED) is 0.761. The molecular weight excluding hydrogens is 354 g/mol. The van der Waals surface area contributed by atoms with E-state index in [9.17, 15) is 9.59 Å². The van der Waals surface area contributed by atoms with Crippen molar-refractivity contribution in [2.24, 2.45) is 5.92 Å². The molecule has 1 N–H and O–H groups in total. The molecule has 3 rings (SSSR count). The van der Waals surface area contributed by atoms with Crippen molar-refractivity contribution in [2.45, 2.75) is 40.2 Å². The fourth-order valence-electron chi connectivity index (χ4n) is 2.88. The molecule has 2 aromatic carbocycles. The zero-order valence-electron chi connectivity index (χ0n) is 16.9. The summed E-state index contributed by atoms with van der Waals surface area (Å²) in [7, 11) is 0. The number of ether oxygens (including phenoxy) is 1. The summed E-state index contributed by atoms with van der Waals surface area (Å²) in [6.45, 7) is 7.52. The van der Waals surface area contributed by atoms with Gasteiger partial charge in [-0.2, -0.15) is 0 Å². The van der Waals surface area contributed by atoms with E-state index in [1.807, 2.05) is 35.2 Å². The summed E-state index contributed by atoms with van der Waals surface area (Å²) >= 11 is 0. The van der Waals surface area contributed by atoms with Crippen molar-refractivity contribution in [2.75, 3.05) is 13.1 Å². The zero-order valence-corrected chi connectivity index (χ0v) is 16.9. The second kappa shape index (κ2) is 10.5. The number of aryl methyl sites for hydroxylation is 1. The number of phenolic OH excluding ortho intramolecular Hbond substituents is 1. The summed E-state index contributed by atoms with van der Waals surface area (Å²) in [6, 6.07) is 14.6. The first kappa shape index (κ1) is 21.5. The third-order valence-electron chi connectivity index (χ3n) is 4.85. The number of carbonyl (C=O) groups is 2. The van der Waals surface area contributed by atoms with E-state index in [1.165, 1.54) is 13.0 Å². The number of hydrogen-bond acceptors (Lipinski definition) is 4. The van der Waals surface area contributed by atoms with Gasteiger partial charge >= 0.3 is 6.09 Å². The SMILES string of the molecule is CC(=O)c1ccc(O)c(C)c1.CC1CCN(C(=O)OCc2ccccc2)CC1. The maximum atomic E-state index is 11.8. The summed E-state index contributed by atoms with van der Waals surface area (Å²) in [6.07, 6.45) is 1.99. The van der Waals surface area contributed by atoms with E-state index in [0.29, 0.717) is 12.2 Å². The fourth-order valence-corrected chi connectivity index (χ4v) is 2.88. The van der Waals surface area contributed by atoms with Crippen LogP contribution >= 0.6 is 0 Å². The topological polar surface area (TPSA) is 66.8 Å². The fraction of sp³-hybridized carbons (Fsp3) is 0.391. The van der Waals surface area contributed by atoms with Gasteiger partial charge in [-0.3, -0.25) is 4.79 Å². The Kier molecular flexibility index (Phi) is 8.05. The monoisotopic (exact) mass is 383 g/mol. The van der Waals surface area contributed by atoms with Crippen LogP contribution in [0.4, 0.5) is 4.79 Å². The van der Waals surface area contributed by atoms with Crippen LogP contribution in [0, 0.1) is 12.8 Å². The van der Waals surface area contributed by atoms with E-state index in [4.69, 9.17) is 9.84 Å². The van der Waals surface area contributed by atoms with Gasteiger partial charge in [-0.1, -0.05) is 37.3 Å². The molecule has 0 aliphatic carbocycles. The number of nitrogens with zero attached hydrogens (tertiary/aromatic N) is 1. The highest BCUT2D eigenvalue weighted by molar-refractivity contribution is 5.94. The van der Waals surface area contributed by atoms with Crippen LogP contribution in [0.3, 0.4) is 0 Å². The van der Waals surface area contributed by atoms with E-state index >= 15 is 0 Å². The first-order valence-corrected chi connectivity index (χ1v) is 9.63.